The Bertz CT molecular complexity index is 382. The number of ether oxygens (including phenoxy) is 1. The van der Waals surface area contributed by atoms with Crippen LogP contribution in [0.4, 0.5) is 0 Å². The first kappa shape index (κ1) is 11.3. The van der Waals surface area contributed by atoms with Crippen molar-refractivity contribution in [3.05, 3.63) is 23.3 Å². The normalized spacial score (nSPS) is 9.67. The van der Waals surface area contributed by atoms with E-state index in [1.54, 1.807) is 6.07 Å². The van der Waals surface area contributed by atoms with Gasteiger partial charge in [0.05, 0.1) is 18.7 Å². The Morgan fingerprint density at radius 1 is 1.47 bits per heavy atom. The van der Waals surface area contributed by atoms with Gasteiger partial charge in [0.1, 0.15) is 0 Å². The number of aryl methyl sites for hydroxylation is 1. The van der Waals surface area contributed by atoms with Crippen molar-refractivity contribution in [2.45, 2.75) is 12.8 Å². The third-order valence-corrected chi connectivity index (χ3v) is 2.11. The molecule has 0 saturated carbocycles. The predicted molar refractivity (Wildman–Crippen MR) is 54.8 cm³/mol. The maximum absolute atomic E-state index is 9.72. The van der Waals surface area contributed by atoms with E-state index in [9.17, 15) is 5.11 Å². The molecular formula is C11H13NO3. The van der Waals surface area contributed by atoms with Crippen LogP contribution in [0.3, 0.4) is 0 Å². The van der Waals surface area contributed by atoms with E-state index in [2.05, 4.69) is 0 Å². The average molecular weight is 207 g/mol. The van der Waals surface area contributed by atoms with Crippen molar-refractivity contribution in [3.8, 4) is 17.6 Å². The van der Waals surface area contributed by atoms with Gasteiger partial charge in [0.2, 0.25) is 0 Å². The molecule has 0 aliphatic carbocycles. The van der Waals surface area contributed by atoms with Crippen molar-refractivity contribution in [1.82, 2.24) is 0 Å². The molecular weight excluding hydrogens is 194 g/mol. The lowest BCUT2D eigenvalue weighted by molar-refractivity contribution is 0.287. The van der Waals surface area contributed by atoms with Crippen LogP contribution in [-0.2, 0) is 6.42 Å². The van der Waals surface area contributed by atoms with Gasteiger partial charge in [-0.3, -0.25) is 0 Å². The van der Waals surface area contributed by atoms with Crippen LogP contribution < -0.4 is 4.74 Å². The first-order chi connectivity index (χ1) is 7.22. The average Bonchev–Trinajstić information content (AvgIpc) is 2.27. The maximum atomic E-state index is 9.72. The zero-order valence-corrected chi connectivity index (χ0v) is 8.53. The number of phenolic OH excluding ortho intramolecular Hbond substituents is 1. The molecule has 0 aliphatic heterocycles. The number of aliphatic hydroxyl groups excluding tert-OH is 1. The van der Waals surface area contributed by atoms with Crippen LogP contribution in [0.1, 0.15) is 17.5 Å². The summed E-state index contributed by atoms with van der Waals surface area (Å²) in [4.78, 5) is 0. The summed E-state index contributed by atoms with van der Waals surface area (Å²) in [5.74, 6) is 0.340. The Morgan fingerprint density at radius 2 is 2.20 bits per heavy atom. The Hall–Kier alpha value is -1.73. The molecule has 0 unspecified atom stereocenters. The summed E-state index contributed by atoms with van der Waals surface area (Å²) >= 11 is 0. The Balaban J connectivity index is 3.08. The van der Waals surface area contributed by atoms with Crippen LogP contribution in [0.15, 0.2) is 12.1 Å². The molecule has 2 N–H and O–H groups in total. The van der Waals surface area contributed by atoms with Crippen molar-refractivity contribution in [3.63, 3.8) is 0 Å². The van der Waals surface area contributed by atoms with Crippen LogP contribution in [0.25, 0.3) is 0 Å². The molecule has 0 fully saturated rings. The first-order valence-corrected chi connectivity index (χ1v) is 4.63. The summed E-state index contributed by atoms with van der Waals surface area (Å²) < 4.78 is 4.94. The second kappa shape index (κ2) is 5.23. The number of phenols is 1. The van der Waals surface area contributed by atoms with E-state index >= 15 is 0 Å². The van der Waals surface area contributed by atoms with Gasteiger partial charge in [0.15, 0.2) is 11.5 Å². The summed E-state index contributed by atoms with van der Waals surface area (Å²) in [5, 5.41) is 27.2. The largest absolute Gasteiger partial charge is 0.504 e. The molecule has 0 heterocycles. The number of benzene rings is 1. The molecule has 4 nitrogen and oxygen atoms in total. The number of aromatic hydroxyl groups is 1. The topological polar surface area (TPSA) is 73.5 Å². The number of nitriles is 1. The molecule has 15 heavy (non-hydrogen) atoms. The molecule has 1 rings (SSSR count). The van der Waals surface area contributed by atoms with Crippen molar-refractivity contribution in [1.29, 1.82) is 5.26 Å². The minimum Gasteiger partial charge on any atom is -0.504 e. The summed E-state index contributed by atoms with van der Waals surface area (Å²) in [6.45, 7) is 0.0541. The fraction of sp³-hybridized carbons (Fsp3) is 0.364. The van der Waals surface area contributed by atoms with Crippen LogP contribution in [0.5, 0.6) is 11.5 Å². The Kier molecular flexibility index (Phi) is 3.95. The van der Waals surface area contributed by atoms with E-state index in [1.165, 1.54) is 13.2 Å². The van der Waals surface area contributed by atoms with Gasteiger partial charge in [-0.2, -0.15) is 5.26 Å². The standard InChI is InChI=1S/C11H13NO3/c1-15-10-6-8(7-12)5-9(11(10)14)3-2-4-13/h5-6,13-14H,2-4H2,1H3. The van der Waals surface area contributed by atoms with Gasteiger partial charge in [-0.1, -0.05) is 0 Å². The molecule has 0 atom stereocenters. The van der Waals surface area contributed by atoms with Gasteiger partial charge in [-0.05, 0) is 24.5 Å². The van der Waals surface area contributed by atoms with Crippen LogP contribution in [0, 0.1) is 11.3 Å². The summed E-state index contributed by atoms with van der Waals surface area (Å²) in [5.41, 5.74) is 1.07. The smallest absolute Gasteiger partial charge is 0.162 e. The molecule has 0 amide bonds. The molecule has 1 aromatic rings. The van der Waals surface area contributed by atoms with E-state index in [4.69, 9.17) is 15.1 Å². The second-order valence-corrected chi connectivity index (χ2v) is 3.13. The highest BCUT2D eigenvalue weighted by Crippen LogP contribution is 2.31. The molecule has 1 aromatic carbocycles. The quantitative estimate of drug-likeness (QED) is 0.778. The molecule has 0 saturated heterocycles. The highest BCUT2D eigenvalue weighted by atomic mass is 16.5. The maximum Gasteiger partial charge on any atom is 0.162 e. The van der Waals surface area contributed by atoms with Gasteiger partial charge in [-0.15, -0.1) is 0 Å². The lowest BCUT2D eigenvalue weighted by atomic mass is 10.0. The minimum absolute atomic E-state index is 0.0463. The lowest BCUT2D eigenvalue weighted by Crippen LogP contribution is -1.94. The van der Waals surface area contributed by atoms with Crippen LogP contribution in [0.2, 0.25) is 0 Å². The third kappa shape index (κ3) is 2.61. The third-order valence-electron chi connectivity index (χ3n) is 2.11. The molecule has 0 aliphatic rings. The molecule has 0 radical (unpaired) electrons. The van der Waals surface area contributed by atoms with E-state index < -0.39 is 0 Å². The van der Waals surface area contributed by atoms with Gasteiger partial charge < -0.3 is 14.9 Å². The van der Waals surface area contributed by atoms with E-state index in [-0.39, 0.29) is 12.4 Å². The molecule has 0 bridgehead atoms. The van der Waals surface area contributed by atoms with Gasteiger partial charge in [-0.25, -0.2) is 0 Å². The minimum atomic E-state index is 0.0463. The van der Waals surface area contributed by atoms with Crippen molar-refractivity contribution >= 4 is 0 Å². The van der Waals surface area contributed by atoms with Gasteiger partial charge in [0, 0.05) is 12.7 Å². The van der Waals surface area contributed by atoms with Gasteiger partial charge >= 0.3 is 0 Å². The highest BCUT2D eigenvalue weighted by Gasteiger charge is 2.09. The fourth-order valence-electron chi connectivity index (χ4n) is 1.35. The first-order valence-electron chi connectivity index (χ1n) is 4.63. The van der Waals surface area contributed by atoms with Crippen LogP contribution >= 0.6 is 0 Å². The number of nitrogens with zero attached hydrogens (tertiary/aromatic N) is 1. The van der Waals surface area contributed by atoms with Crippen LogP contribution in [-0.4, -0.2) is 23.9 Å². The Morgan fingerprint density at radius 3 is 2.73 bits per heavy atom. The predicted octanol–water partition coefficient (Wildman–Crippen LogP) is 1.20. The lowest BCUT2D eigenvalue weighted by Gasteiger charge is -2.09. The van der Waals surface area contributed by atoms with Crippen molar-refractivity contribution in [2.24, 2.45) is 0 Å². The summed E-state index contributed by atoms with van der Waals surface area (Å²) in [6.07, 6.45) is 1.07. The number of hydrogen-bond acceptors (Lipinski definition) is 4. The molecule has 80 valence electrons. The molecule has 0 aromatic heterocycles. The van der Waals surface area contributed by atoms with E-state index in [0.29, 0.717) is 29.7 Å². The zero-order chi connectivity index (χ0) is 11.3. The van der Waals surface area contributed by atoms with E-state index in [0.717, 1.165) is 0 Å². The number of methoxy groups -OCH3 is 1. The molecule has 0 spiro atoms. The number of rotatable bonds is 4. The van der Waals surface area contributed by atoms with E-state index in [1.807, 2.05) is 6.07 Å². The second-order valence-electron chi connectivity index (χ2n) is 3.13. The fourth-order valence-corrected chi connectivity index (χ4v) is 1.35. The highest BCUT2D eigenvalue weighted by molar-refractivity contribution is 5.51. The summed E-state index contributed by atoms with van der Waals surface area (Å²) in [6, 6.07) is 5.08. The SMILES string of the molecule is COc1cc(C#N)cc(CCCO)c1O. The number of aliphatic hydroxyl groups is 1. The van der Waals surface area contributed by atoms with Gasteiger partial charge in [0.25, 0.3) is 0 Å². The van der Waals surface area contributed by atoms with Crippen molar-refractivity contribution < 1.29 is 14.9 Å². The van der Waals surface area contributed by atoms with Crippen molar-refractivity contribution in [2.75, 3.05) is 13.7 Å². The molecule has 4 heteroatoms. The summed E-state index contributed by atoms with van der Waals surface area (Å²) in [7, 11) is 1.44. The number of hydrogen-bond donors (Lipinski definition) is 2. The zero-order valence-electron chi connectivity index (χ0n) is 8.53. The monoisotopic (exact) mass is 207 g/mol. The Labute approximate surface area is 88.4 Å².